The first-order valence-electron chi connectivity index (χ1n) is 3.62. The summed E-state index contributed by atoms with van der Waals surface area (Å²) in [5, 5.41) is 13.9. The van der Waals surface area contributed by atoms with Crippen molar-refractivity contribution in [3.05, 3.63) is 0 Å². The van der Waals surface area contributed by atoms with Crippen LogP contribution in [-0.4, -0.2) is 23.7 Å². The van der Waals surface area contributed by atoms with Crippen molar-refractivity contribution in [2.75, 3.05) is 6.54 Å². The molecular formula is C5H12N8S. The van der Waals surface area contributed by atoms with Crippen LogP contribution in [0.3, 0.4) is 0 Å². The average molecular weight is 216 g/mol. The SMILES string of the molecule is C/C(N)=N\N=C\CNN/N=N/C(N)=S. The second-order valence-corrected chi connectivity index (χ2v) is 2.49. The molecule has 0 aromatic heterocycles. The lowest BCUT2D eigenvalue weighted by molar-refractivity contribution is 0.584. The van der Waals surface area contributed by atoms with Crippen molar-refractivity contribution in [1.29, 1.82) is 0 Å². The minimum atomic E-state index is -0.0451. The van der Waals surface area contributed by atoms with Gasteiger partial charge in [-0.3, -0.25) is 0 Å². The molecule has 0 aromatic rings. The lowest BCUT2D eigenvalue weighted by atomic mass is 10.7. The van der Waals surface area contributed by atoms with Crippen molar-refractivity contribution < 1.29 is 0 Å². The molecule has 0 radical (unpaired) electrons. The largest absolute Gasteiger partial charge is 0.386 e. The predicted octanol–water partition coefficient (Wildman–Crippen LogP) is -0.946. The van der Waals surface area contributed by atoms with E-state index in [-0.39, 0.29) is 5.11 Å². The third-order valence-corrected chi connectivity index (χ3v) is 0.850. The Bertz CT molecular complexity index is 252. The van der Waals surface area contributed by atoms with E-state index in [1.54, 1.807) is 6.92 Å². The van der Waals surface area contributed by atoms with Gasteiger partial charge >= 0.3 is 0 Å². The van der Waals surface area contributed by atoms with Crippen LogP contribution in [-0.2, 0) is 0 Å². The molecule has 0 saturated carbocycles. The van der Waals surface area contributed by atoms with Crippen LogP contribution < -0.4 is 22.4 Å². The Morgan fingerprint density at radius 1 is 1.50 bits per heavy atom. The van der Waals surface area contributed by atoms with Crippen LogP contribution in [0.5, 0.6) is 0 Å². The quantitative estimate of drug-likeness (QED) is 0.118. The molecule has 0 saturated heterocycles. The summed E-state index contributed by atoms with van der Waals surface area (Å²) in [5.74, 6) is 0.391. The summed E-state index contributed by atoms with van der Waals surface area (Å²) in [4.78, 5) is 0. The Hall–Kier alpha value is -1.61. The van der Waals surface area contributed by atoms with Gasteiger partial charge in [-0.2, -0.15) is 5.10 Å². The van der Waals surface area contributed by atoms with E-state index in [0.717, 1.165) is 0 Å². The van der Waals surface area contributed by atoms with Gasteiger partial charge in [0.15, 0.2) is 0 Å². The first-order valence-corrected chi connectivity index (χ1v) is 4.03. The lowest BCUT2D eigenvalue weighted by Gasteiger charge is -1.95. The van der Waals surface area contributed by atoms with Gasteiger partial charge in [-0.05, 0) is 19.1 Å². The third-order valence-electron chi connectivity index (χ3n) is 0.768. The van der Waals surface area contributed by atoms with E-state index in [4.69, 9.17) is 11.5 Å². The smallest absolute Gasteiger partial charge is 0.213 e. The maximum absolute atomic E-state index is 5.23. The zero-order valence-electron chi connectivity index (χ0n) is 7.64. The van der Waals surface area contributed by atoms with Crippen LogP contribution in [0.4, 0.5) is 0 Å². The number of nitrogens with two attached hydrogens (primary N) is 2. The Balaban J connectivity index is 3.43. The maximum Gasteiger partial charge on any atom is 0.213 e. The van der Waals surface area contributed by atoms with Gasteiger partial charge in [0.05, 0.1) is 6.54 Å². The molecule has 14 heavy (non-hydrogen) atoms. The molecule has 0 aromatic carbocycles. The van der Waals surface area contributed by atoms with Gasteiger partial charge in [0, 0.05) is 6.21 Å². The number of rotatable bonds is 5. The van der Waals surface area contributed by atoms with Crippen LogP contribution in [0.1, 0.15) is 6.92 Å². The van der Waals surface area contributed by atoms with Gasteiger partial charge in [0.1, 0.15) is 5.84 Å². The Kier molecular flexibility index (Phi) is 7.09. The maximum atomic E-state index is 5.23. The Morgan fingerprint density at radius 2 is 2.21 bits per heavy atom. The van der Waals surface area contributed by atoms with E-state index < -0.39 is 0 Å². The van der Waals surface area contributed by atoms with Crippen LogP contribution in [0.25, 0.3) is 0 Å². The van der Waals surface area contributed by atoms with E-state index in [9.17, 15) is 0 Å². The van der Waals surface area contributed by atoms with Crippen molar-refractivity contribution in [1.82, 2.24) is 11.0 Å². The van der Waals surface area contributed by atoms with Crippen molar-refractivity contribution in [2.45, 2.75) is 6.92 Å². The van der Waals surface area contributed by atoms with Gasteiger partial charge < -0.3 is 11.5 Å². The minimum absolute atomic E-state index is 0.0451. The van der Waals surface area contributed by atoms with Crippen molar-refractivity contribution >= 4 is 29.4 Å². The van der Waals surface area contributed by atoms with Gasteiger partial charge in [0.25, 0.3) is 0 Å². The molecule has 0 rings (SSSR count). The van der Waals surface area contributed by atoms with Gasteiger partial charge in [-0.1, -0.05) is 5.22 Å². The normalized spacial score (nSPS) is 12.5. The fourth-order valence-corrected chi connectivity index (χ4v) is 0.414. The van der Waals surface area contributed by atoms with E-state index in [0.29, 0.717) is 12.4 Å². The Labute approximate surface area is 86.5 Å². The molecular weight excluding hydrogens is 204 g/mol. The monoisotopic (exact) mass is 216 g/mol. The molecule has 0 heterocycles. The summed E-state index contributed by atoms with van der Waals surface area (Å²) in [7, 11) is 0. The molecule has 0 aliphatic carbocycles. The number of amidine groups is 1. The first-order chi connectivity index (χ1) is 6.63. The standard InChI is InChI=1S/C5H12N8S/c1-4(6)10-8-2-3-9-12-13-11-5(7)14/h2H,3H2,1H3,(H2,6,10)(H,9,13)(H3,7,11,12,14)/b8-2+. The van der Waals surface area contributed by atoms with E-state index in [2.05, 4.69) is 43.7 Å². The fourth-order valence-electron chi connectivity index (χ4n) is 0.374. The van der Waals surface area contributed by atoms with Crippen LogP contribution in [0.2, 0.25) is 0 Å². The molecule has 0 aliphatic heterocycles. The fraction of sp³-hybridized carbons (Fsp3) is 0.400. The highest BCUT2D eigenvalue weighted by molar-refractivity contribution is 7.80. The second kappa shape index (κ2) is 8.01. The van der Waals surface area contributed by atoms with Crippen LogP contribution in [0.15, 0.2) is 20.5 Å². The number of hydrogen-bond donors (Lipinski definition) is 4. The van der Waals surface area contributed by atoms with Gasteiger partial charge in [-0.25, -0.2) is 11.0 Å². The molecule has 0 unspecified atom stereocenters. The topological polar surface area (TPSA) is 126 Å². The summed E-state index contributed by atoms with van der Waals surface area (Å²) >= 11 is 4.44. The number of nitrogens with zero attached hydrogens (tertiary/aromatic N) is 4. The molecule has 0 aliphatic rings. The Morgan fingerprint density at radius 3 is 2.79 bits per heavy atom. The first kappa shape index (κ1) is 12.4. The minimum Gasteiger partial charge on any atom is -0.386 e. The lowest BCUT2D eigenvalue weighted by Crippen LogP contribution is -2.28. The van der Waals surface area contributed by atoms with E-state index >= 15 is 0 Å². The summed E-state index contributed by atoms with van der Waals surface area (Å²) in [6.07, 6.45) is 1.50. The highest BCUT2D eigenvalue weighted by Crippen LogP contribution is 1.69. The molecule has 8 nitrogen and oxygen atoms in total. The highest BCUT2D eigenvalue weighted by atomic mass is 32.1. The zero-order chi connectivity index (χ0) is 10.8. The number of hydrogen-bond acceptors (Lipinski definition) is 5. The summed E-state index contributed by atoms with van der Waals surface area (Å²) in [6, 6.07) is 0. The number of thiocarbonyl (C=S) groups is 1. The van der Waals surface area contributed by atoms with Crippen molar-refractivity contribution in [3.63, 3.8) is 0 Å². The molecule has 0 fully saturated rings. The number of hydrazine groups is 1. The van der Waals surface area contributed by atoms with Crippen LogP contribution in [0, 0.1) is 0 Å². The van der Waals surface area contributed by atoms with E-state index in [1.807, 2.05) is 0 Å². The predicted molar refractivity (Wildman–Crippen MR) is 58.6 cm³/mol. The number of nitrogens with one attached hydrogen (secondary N) is 2. The molecule has 6 N–H and O–H groups in total. The third kappa shape index (κ3) is 10.4. The summed E-state index contributed by atoms with van der Waals surface area (Å²) < 4.78 is 0. The molecule has 9 heteroatoms. The average Bonchev–Trinajstić information content (AvgIpc) is 2.08. The molecule has 0 atom stereocenters. The molecule has 0 spiro atoms. The van der Waals surface area contributed by atoms with Crippen LogP contribution >= 0.6 is 12.2 Å². The second-order valence-electron chi connectivity index (χ2n) is 2.07. The zero-order valence-corrected chi connectivity index (χ0v) is 8.45. The molecule has 0 bridgehead atoms. The summed E-state index contributed by atoms with van der Waals surface area (Å²) in [5.41, 5.74) is 15.3. The summed E-state index contributed by atoms with van der Waals surface area (Å²) in [6.45, 7) is 2.05. The molecule has 78 valence electrons. The van der Waals surface area contributed by atoms with E-state index in [1.165, 1.54) is 6.21 Å². The van der Waals surface area contributed by atoms with Gasteiger partial charge in [0.2, 0.25) is 5.11 Å². The van der Waals surface area contributed by atoms with Crippen molar-refractivity contribution in [2.24, 2.45) is 32.0 Å². The highest BCUT2D eigenvalue weighted by Gasteiger charge is 1.79. The molecule has 0 amide bonds. The van der Waals surface area contributed by atoms with Crippen molar-refractivity contribution in [3.8, 4) is 0 Å². The van der Waals surface area contributed by atoms with Gasteiger partial charge in [-0.15, -0.1) is 10.2 Å².